The molecule has 1 heterocycles. The lowest BCUT2D eigenvalue weighted by molar-refractivity contribution is 0.0988. The van der Waals surface area contributed by atoms with Gasteiger partial charge in [-0.3, -0.25) is 9.36 Å². The van der Waals surface area contributed by atoms with Crippen LogP contribution in [0.3, 0.4) is 0 Å². The van der Waals surface area contributed by atoms with Crippen molar-refractivity contribution in [2.24, 2.45) is 5.73 Å². The molecule has 170 valence electrons. The molecule has 0 aliphatic rings. The predicted molar refractivity (Wildman–Crippen MR) is 125 cm³/mol. The number of carbonyl (C=O) groups excluding carboxylic acids is 1. The van der Waals surface area contributed by atoms with Crippen LogP contribution in [0.4, 0.5) is 5.69 Å². The molecule has 0 saturated carbocycles. The number of carbonyl (C=O) groups is 1. The molecule has 0 fully saturated rings. The number of phenolic OH excluding ortho intramolecular Hbond substituents is 2. The Labute approximate surface area is 187 Å². The summed E-state index contributed by atoms with van der Waals surface area (Å²) >= 11 is 0. The molecule has 0 bridgehead atoms. The van der Waals surface area contributed by atoms with Crippen molar-refractivity contribution in [1.29, 1.82) is 0 Å². The predicted octanol–water partition coefficient (Wildman–Crippen LogP) is 2.57. The number of phenols is 2. The van der Waals surface area contributed by atoms with Crippen LogP contribution in [0, 0.1) is 0 Å². The number of nitrogens with two attached hydrogens (primary N) is 1. The molecule has 3 rings (SSSR count). The molecule has 32 heavy (non-hydrogen) atoms. The molecule has 0 saturated heterocycles. The minimum absolute atomic E-state index is 0.00689. The zero-order valence-electron chi connectivity index (χ0n) is 19.1. The van der Waals surface area contributed by atoms with Gasteiger partial charge in [0.2, 0.25) is 5.82 Å². The van der Waals surface area contributed by atoms with Crippen molar-refractivity contribution in [2.75, 3.05) is 39.1 Å². The van der Waals surface area contributed by atoms with Gasteiger partial charge in [0.1, 0.15) is 11.5 Å². The zero-order chi connectivity index (χ0) is 23.6. The molecule has 4 N–H and O–H groups in total. The monoisotopic (exact) mass is 438 g/mol. The van der Waals surface area contributed by atoms with Crippen molar-refractivity contribution in [3.05, 3.63) is 47.8 Å². The van der Waals surface area contributed by atoms with E-state index >= 15 is 0 Å². The largest absolute Gasteiger partial charge is 0.508 e. The van der Waals surface area contributed by atoms with Gasteiger partial charge in [-0.25, -0.2) is 0 Å². The van der Waals surface area contributed by atoms with Gasteiger partial charge in [-0.1, -0.05) is 13.8 Å². The van der Waals surface area contributed by atoms with E-state index in [1.54, 1.807) is 6.07 Å². The third kappa shape index (κ3) is 4.67. The Morgan fingerprint density at radius 3 is 2.25 bits per heavy atom. The summed E-state index contributed by atoms with van der Waals surface area (Å²) in [5.41, 5.74) is 8.18. The number of nitrogens with zero attached hydrogens (tertiary/aromatic N) is 5. The number of aromatic nitrogens is 3. The third-order valence-corrected chi connectivity index (χ3v) is 5.32. The van der Waals surface area contributed by atoms with Gasteiger partial charge in [-0.15, -0.1) is 10.2 Å². The number of amides is 1. The molecule has 9 heteroatoms. The van der Waals surface area contributed by atoms with Crippen LogP contribution in [-0.2, 0) is 0 Å². The summed E-state index contributed by atoms with van der Waals surface area (Å²) in [5, 5.41) is 28.8. The molecular weight excluding hydrogens is 408 g/mol. The van der Waals surface area contributed by atoms with Gasteiger partial charge in [-0.05, 0) is 55.9 Å². The van der Waals surface area contributed by atoms with Crippen molar-refractivity contribution in [2.45, 2.75) is 19.8 Å². The first kappa shape index (κ1) is 23.1. The second-order valence-electron chi connectivity index (χ2n) is 8.37. The van der Waals surface area contributed by atoms with Gasteiger partial charge >= 0.3 is 0 Å². The summed E-state index contributed by atoms with van der Waals surface area (Å²) in [4.78, 5) is 16.3. The number of likely N-dealkylation sites (N-methyl/N-ethyl adjacent to an activating group) is 2. The van der Waals surface area contributed by atoms with Crippen molar-refractivity contribution in [1.82, 2.24) is 19.7 Å². The van der Waals surface area contributed by atoms with Crippen molar-refractivity contribution in [3.8, 4) is 28.6 Å². The Balaban J connectivity index is 2.08. The summed E-state index contributed by atoms with van der Waals surface area (Å²) in [6, 6.07) is 10.5. The summed E-state index contributed by atoms with van der Waals surface area (Å²) in [7, 11) is 6.07. The van der Waals surface area contributed by atoms with E-state index in [1.165, 1.54) is 10.6 Å². The highest BCUT2D eigenvalue weighted by molar-refractivity contribution is 5.91. The highest BCUT2D eigenvalue weighted by atomic mass is 16.3. The van der Waals surface area contributed by atoms with E-state index in [-0.39, 0.29) is 29.1 Å². The number of hydrogen-bond acceptors (Lipinski definition) is 7. The highest BCUT2D eigenvalue weighted by Crippen LogP contribution is 2.38. The summed E-state index contributed by atoms with van der Waals surface area (Å²) in [6.07, 6.45) is 0. The van der Waals surface area contributed by atoms with Gasteiger partial charge in [-0.2, -0.15) is 0 Å². The first-order valence-corrected chi connectivity index (χ1v) is 10.4. The highest BCUT2D eigenvalue weighted by Gasteiger charge is 2.23. The first-order valence-electron chi connectivity index (χ1n) is 10.4. The summed E-state index contributed by atoms with van der Waals surface area (Å²) in [5.74, 6) is -0.694. The first-order chi connectivity index (χ1) is 15.1. The van der Waals surface area contributed by atoms with Crippen LogP contribution in [-0.4, -0.2) is 70.0 Å². The van der Waals surface area contributed by atoms with Crippen LogP contribution < -0.4 is 10.6 Å². The fourth-order valence-corrected chi connectivity index (χ4v) is 3.43. The standard InChI is InChI=1S/C23H30N6O3/c1-14(2)17-12-18(20(31)13-19(17)30)22-25-26-23(21(24)32)29(22)16-8-6-15(7-9-16)28(5)11-10-27(3)4/h6-9,12-14,30-31H,10-11H2,1-5H3,(H2,24,32). The maximum Gasteiger partial charge on any atom is 0.287 e. The Morgan fingerprint density at radius 2 is 1.69 bits per heavy atom. The maximum absolute atomic E-state index is 12.1. The minimum atomic E-state index is -0.738. The number of aromatic hydroxyl groups is 2. The molecular formula is C23H30N6O3. The van der Waals surface area contributed by atoms with E-state index < -0.39 is 5.91 Å². The van der Waals surface area contributed by atoms with E-state index in [4.69, 9.17) is 5.73 Å². The average Bonchev–Trinajstić information content (AvgIpc) is 3.17. The molecule has 0 unspecified atom stereocenters. The molecule has 0 radical (unpaired) electrons. The zero-order valence-corrected chi connectivity index (χ0v) is 19.1. The lowest BCUT2D eigenvalue weighted by Gasteiger charge is -2.22. The summed E-state index contributed by atoms with van der Waals surface area (Å²) < 4.78 is 1.52. The van der Waals surface area contributed by atoms with Crippen LogP contribution in [0.25, 0.3) is 17.1 Å². The van der Waals surface area contributed by atoms with Crippen LogP contribution >= 0.6 is 0 Å². The van der Waals surface area contributed by atoms with Crippen molar-refractivity contribution < 1.29 is 15.0 Å². The molecule has 1 aromatic heterocycles. The second kappa shape index (κ2) is 9.27. The van der Waals surface area contributed by atoms with Crippen LogP contribution in [0.5, 0.6) is 11.5 Å². The third-order valence-electron chi connectivity index (χ3n) is 5.32. The van der Waals surface area contributed by atoms with E-state index in [0.29, 0.717) is 16.8 Å². The lowest BCUT2D eigenvalue weighted by Crippen LogP contribution is -2.28. The molecule has 9 nitrogen and oxygen atoms in total. The van der Waals surface area contributed by atoms with E-state index in [2.05, 4.69) is 20.0 Å². The van der Waals surface area contributed by atoms with E-state index in [9.17, 15) is 15.0 Å². The summed E-state index contributed by atoms with van der Waals surface area (Å²) in [6.45, 7) is 5.63. The Hall–Kier alpha value is -3.59. The SMILES string of the molecule is CC(C)c1cc(-c2nnc(C(N)=O)n2-c2ccc(N(C)CCN(C)C)cc2)c(O)cc1O. The van der Waals surface area contributed by atoms with Crippen LogP contribution in [0.1, 0.15) is 35.9 Å². The lowest BCUT2D eigenvalue weighted by atomic mass is 9.98. The number of benzene rings is 2. The Morgan fingerprint density at radius 1 is 1.03 bits per heavy atom. The van der Waals surface area contributed by atoms with Crippen molar-refractivity contribution in [3.63, 3.8) is 0 Å². The smallest absolute Gasteiger partial charge is 0.287 e. The Kier molecular flexibility index (Phi) is 6.69. The molecule has 0 aliphatic heterocycles. The molecule has 0 atom stereocenters. The minimum Gasteiger partial charge on any atom is -0.508 e. The van der Waals surface area contributed by atoms with Gasteiger partial charge in [0.15, 0.2) is 5.82 Å². The van der Waals surface area contributed by atoms with Crippen LogP contribution in [0.2, 0.25) is 0 Å². The van der Waals surface area contributed by atoms with Crippen LogP contribution in [0.15, 0.2) is 36.4 Å². The molecule has 1 amide bonds. The topological polar surface area (TPSA) is 121 Å². The fraction of sp³-hybridized carbons (Fsp3) is 0.348. The normalized spacial score (nSPS) is 11.3. The average molecular weight is 439 g/mol. The molecule has 2 aromatic carbocycles. The maximum atomic E-state index is 12.1. The second-order valence-corrected chi connectivity index (χ2v) is 8.37. The number of primary amides is 1. The number of rotatable bonds is 8. The Bertz CT molecular complexity index is 1110. The quantitative estimate of drug-likeness (QED) is 0.494. The number of hydrogen-bond donors (Lipinski definition) is 3. The van der Waals surface area contributed by atoms with Gasteiger partial charge in [0, 0.05) is 37.6 Å². The molecule has 0 aliphatic carbocycles. The van der Waals surface area contributed by atoms with E-state index in [1.807, 2.05) is 59.3 Å². The molecule has 3 aromatic rings. The van der Waals surface area contributed by atoms with Gasteiger partial charge < -0.3 is 25.7 Å². The van der Waals surface area contributed by atoms with E-state index in [0.717, 1.165) is 18.8 Å². The molecule has 0 spiro atoms. The van der Waals surface area contributed by atoms with Gasteiger partial charge in [0.25, 0.3) is 5.91 Å². The van der Waals surface area contributed by atoms with Crippen molar-refractivity contribution >= 4 is 11.6 Å². The number of anilines is 1. The van der Waals surface area contributed by atoms with Gasteiger partial charge in [0.05, 0.1) is 5.56 Å². The fourth-order valence-electron chi connectivity index (χ4n) is 3.43.